The van der Waals surface area contributed by atoms with E-state index in [1.807, 2.05) is 31.2 Å². The number of hydrogen-bond acceptors (Lipinski definition) is 7. The third-order valence-electron chi connectivity index (χ3n) is 5.31. The Morgan fingerprint density at radius 2 is 1.55 bits per heavy atom. The van der Waals surface area contributed by atoms with Crippen LogP contribution in [0.15, 0.2) is 65.8 Å². The van der Waals surface area contributed by atoms with E-state index in [0.717, 1.165) is 11.1 Å². The molecule has 3 aromatic rings. The number of benzene rings is 3. The molecular formula is C28H30ClN3O6. The van der Waals surface area contributed by atoms with Crippen LogP contribution in [0.3, 0.4) is 0 Å². The quantitative estimate of drug-likeness (QED) is 0.203. The molecule has 0 aliphatic carbocycles. The molecule has 0 aliphatic heterocycles. The number of ether oxygens (including phenoxy) is 4. The van der Waals surface area contributed by atoms with Crippen molar-refractivity contribution in [1.29, 1.82) is 0 Å². The van der Waals surface area contributed by atoms with Gasteiger partial charge in [-0.05, 0) is 72.5 Å². The van der Waals surface area contributed by atoms with Gasteiger partial charge in [0.15, 0.2) is 23.0 Å². The van der Waals surface area contributed by atoms with Gasteiger partial charge >= 0.3 is 11.8 Å². The third kappa shape index (κ3) is 8.41. The van der Waals surface area contributed by atoms with Crippen LogP contribution in [0.25, 0.3) is 0 Å². The first-order chi connectivity index (χ1) is 18.4. The van der Waals surface area contributed by atoms with Gasteiger partial charge in [0.25, 0.3) is 0 Å². The zero-order valence-corrected chi connectivity index (χ0v) is 22.2. The van der Waals surface area contributed by atoms with Gasteiger partial charge in [-0.25, -0.2) is 5.43 Å². The van der Waals surface area contributed by atoms with Crippen molar-refractivity contribution in [2.75, 3.05) is 27.4 Å². The average molecular weight is 540 g/mol. The van der Waals surface area contributed by atoms with Crippen molar-refractivity contribution in [3.63, 3.8) is 0 Å². The van der Waals surface area contributed by atoms with Gasteiger partial charge in [-0.15, -0.1) is 0 Å². The second-order valence-corrected chi connectivity index (χ2v) is 8.39. The minimum Gasteiger partial charge on any atom is -0.493 e. The first-order valence-corrected chi connectivity index (χ1v) is 12.3. The number of hydrazone groups is 1. The predicted molar refractivity (Wildman–Crippen MR) is 145 cm³/mol. The van der Waals surface area contributed by atoms with Crippen molar-refractivity contribution in [3.8, 4) is 23.0 Å². The summed E-state index contributed by atoms with van der Waals surface area (Å²) in [5.41, 5.74) is 4.77. The molecule has 3 rings (SSSR count). The monoisotopic (exact) mass is 539 g/mol. The number of hydrogen-bond donors (Lipinski definition) is 2. The van der Waals surface area contributed by atoms with Gasteiger partial charge in [-0.2, -0.15) is 5.10 Å². The SMILES string of the molecule is CCOc1cc(/C=N\NC(=O)C(=O)NCCc2ccc(OC)c(OC)c2)ccc1OCc1ccc(Cl)cc1. The highest BCUT2D eigenvalue weighted by Crippen LogP contribution is 2.29. The zero-order valence-electron chi connectivity index (χ0n) is 21.5. The lowest BCUT2D eigenvalue weighted by Gasteiger charge is -2.12. The normalized spacial score (nSPS) is 10.6. The lowest BCUT2D eigenvalue weighted by Crippen LogP contribution is -2.38. The van der Waals surface area contributed by atoms with Crippen molar-refractivity contribution >= 4 is 29.6 Å². The Morgan fingerprint density at radius 3 is 2.26 bits per heavy atom. The number of halogens is 1. The molecule has 0 saturated heterocycles. The Bertz CT molecular complexity index is 1260. The summed E-state index contributed by atoms with van der Waals surface area (Å²) in [5.74, 6) is 0.648. The maximum atomic E-state index is 12.1. The Balaban J connectivity index is 1.49. The molecule has 0 atom stereocenters. The molecule has 0 spiro atoms. The number of amides is 2. The largest absolute Gasteiger partial charge is 0.493 e. The molecule has 2 amide bonds. The van der Waals surface area contributed by atoms with Gasteiger partial charge in [-0.3, -0.25) is 9.59 Å². The Hall–Kier alpha value is -4.24. The molecule has 0 bridgehead atoms. The lowest BCUT2D eigenvalue weighted by molar-refractivity contribution is -0.139. The summed E-state index contributed by atoms with van der Waals surface area (Å²) in [6.45, 7) is 2.92. The van der Waals surface area contributed by atoms with Crippen LogP contribution < -0.4 is 29.7 Å². The molecule has 2 N–H and O–H groups in total. The molecular weight excluding hydrogens is 510 g/mol. The standard InChI is InChI=1S/C28H30ClN3O6/c1-4-37-26-16-21(8-12-24(26)38-18-20-5-9-22(29)10-6-20)17-31-32-28(34)27(33)30-14-13-19-7-11-23(35-2)25(15-19)36-3/h5-12,15-17H,4,13-14,18H2,1-3H3,(H,30,33)(H,32,34)/b31-17-. The summed E-state index contributed by atoms with van der Waals surface area (Å²) in [5, 5.41) is 7.11. The van der Waals surface area contributed by atoms with E-state index < -0.39 is 11.8 Å². The van der Waals surface area contributed by atoms with E-state index in [-0.39, 0.29) is 6.54 Å². The second kappa shape index (κ2) is 14.5. The Kier molecular flexibility index (Phi) is 10.8. The van der Waals surface area contributed by atoms with Crippen molar-refractivity contribution in [2.24, 2.45) is 5.10 Å². The highest BCUT2D eigenvalue weighted by Gasteiger charge is 2.12. The minimum atomic E-state index is -0.874. The number of rotatable bonds is 12. The van der Waals surface area contributed by atoms with Crippen LogP contribution in [-0.4, -0.2) is 45.4 Å². The summed E-state index contributed by atoms with van der Waals surface area (Å²) in [6, 6.07) is 18.1. The zero-order chi connectivity index (χ0) is 27.3. The molecule has 0 unspecified atom stereocenters. The Labute approximate surface area is 226 Å². The summed E-state index contributed by atoms with van der Waals surface area (Å²) in [7, 11) is 3.11. The van der Waals surface area contributed by atoms with Crippen LogP contribution in [-0.2, 0) is 22.6 Å². The van der Waals surface area contributed by atoms with Crippen LogP contribution in [0.5, 0.6) is 23.0 Å². The van der Waals surface area contributed by atoms with Crippen LogP contribution >= 0.6 is 11.6 Å². The van der Waals surface area contributed by atoms with Gasteiger partial charge in [0.05, 0.1) is 27.0 Å². The predicted octanol–water partition coefficient (Wildman–Crippen LogP) is 4.14. The number of nitrogens with zero attached hydrogens (tertiary/aromatic N) is 1. The van der Waals surface area contributed by atoms with Crippen molar-refractivity contribution < 1.29 is 28.5 Å². The summed E-state index contributed by atoms with van der Waals surface area (Å²) in [6.07, 6.45) is 1.93. The van der Waals surface area contributed by atoms with Crippen molar-refractivity contribution in [3.05, 3.63) is 82.4 Å². The summed E-state index contributed by atoms with van der Waals surface area (Å²) < 4.78 is 22.1. The molecule has 0 aromatic heterocycles. The first-order valence-electron chi connectivity index (χ1n) is 11.9. The fourth-order valence-corrected chi connectivity index (χ4v) is 3.51. The molecule has 0 fully saturated rings. The average Bonchev–Trinajstić information content (AvgIpc) is 2.93. The fraction of sp³-hybridized carbons (Fsp3) is 0.250. The third-order valence-corrected chi connectivity index (χ3v) is 5.56. The van der Waals surface area contributed by atoms with Gasteiger partial charge in [0.1, 0.15) is 6.61 Å². The molecule has 9 nitrogen and oxygen atoms in total. The van der Waals surface area contributed by atoms with Crippen LogP contribution in [0.4, 0.5) is 0 Å². The van der Waals surface area contributed by atoms with Crippen molar-refractivity contribution in [2.45, 2.75) is 20.0 Å². The number of nitrogens with one attached hydrogen (secondary N) is 2. The number of carbonyl (C=O) groups is 2. The molecule has 0 saturated carbocycles. The molecule has 0 heterocycles. The van der Waals surface area contributed by atoms with E-state index >= 15 is 0 Å². The van der Waals surface area contributed by atoms with Crippen LogP contribution in [0.2, 0.25) is 5.02 Å². The summed E-state index contributed by atoms with van der Waals surface area (Å²) in [4.78, 5) is 24.2. The van der Waals surface area contributed by atoms with E-state index in [9.17, 15) is 9.59 Å². The van der Waals surface area contributed by atoms with Gasteiger partial charge in [0, 0.05) is 11.6 Å². The first kappa shape index (κ1) is 28.3. The molecule has 38 heavy (non-hydrogen) atoms. The number of methoxy groups -OCH3 is 2. The maximum absolute atomic E-state index is 12.1. The van der Waals surface area contributed by atoms with Gasteiger partial charge < -0.3 is 24.3 Å². The van der Waals surface area contributed by atoms with E-state index in [0.29, 0.717) is 53.2 Å². The van der Waals surface area contributed by atoms with E-state index in [2.05, 4.69) is 15.8 Å². The second-order valence-electron chi connectivity index (χ2n) is 7.95. The van der Waals surface area contributed by atoms with Gasteiger partial charge in [-0.1, -0.05) is 29.8 Å². The minimum absolute atomic E-state index is 0.265. The maximum Gasteiger partial charge on any atom is 0.329 e. The topological polar surface area (TPSA) is 107 Å². The van der Waals surface area contributed by atoms with E-state index in [1.165, 1.54) is 6.21 Å². The number of carbonyl (C=O) groups excluding carboxylic acids is 2. The molecule has 10 heteroatoms. The lowest BCUT2D eigenvalue weighted by atomic mass is 10.1. The highest BCUT2D eigenvalue weighted by molar-refractivity contribution is 6.35. The fourth-order valence-electron chi connectivity index (χ4n) is 3.39. The molecule has 0 aliphatic rings. The molecule has 200 valence electrons. The Morgan fingerprint density at radius 1 is 0.842 bits per heavy atom. The van der Waals surface area contributed by atoms with E-state index in [4.69, 9.17) is 30.5 Å². The molecule has 3 aromatic carbocycles. The van der Waals surface area contributed by atoms with Crippen LogP contribution in [0.1, 0.15) is 23.6 Å². The highest BCUT2D eigenvalue weighted by atomic mass is 35.5. The summed E-state index contributed by atoms with van der Waals surface area (Å²) >= 11 is 5.93. The smallest absolute Gasteiger partial charge is 0.329 e. The van der Waals surface area contributed by atoms with Crippen molar-refractivity contribution in [1.82, 2.24) is 10.7 Å². The molecule has 0 radical (unpaired) electrons. The van der Waals surface area contributed by atoms with Crippen LogP contribution in [0, 0.1) is 0 Å². The van der Waals surface area contributed by atoms with Gasteiger partial charge in [0.2, 0.25) is 0 Å². The van der Waals surface area contributed by atoms with E-state index in [1.54, 1.807) is 50.6 Å².